The third-order valence-electron chi connectivity index (χ3n) is 2.73. The average Bonchev–Trinajstić information content (AvgIpc) is 2.60. The molecule has 16 heavy (non-hydrogen) atoms. The van der Waals surface area contributed by atoms with Crippen molar-refractivity contribution in [2.24, 2.45) is 0 Å². The molecule has 0 unspecified atom stereocenters. The summed E-state index contributed by atoms with van der Waals surface area (Å²) < 4.78 is 5.29. The fraction of sp³-hybridized carbons (Fsp3) is 0.364. The molecule has 0 aliphatic carbocycles. The third kappa shape index (κ3) is 1.54. The molecule has 5 nitrogen and oxygen atoms in total. The van der Waals surface area contributed by atoms with Gasteiger partial charge in [-0.1, -0.05) is 5.16 Å². The maximum atomic E-state index is 5.29. The van der Waals surface area contributed by atoms with Crippen LogP contribution in [0.5, 0.6) is 0 Å². The quantitative estimate of drug-likeness (QED) is 0.788. The molecule has 82 valence electrons. The highest BCUT2D eigenvalue weighted by molar-refractivity contribution is 5.64. The van der Waals surface area contributed by atoms with Crippen molar-refractivity contribution in [2.75, 3.05) is 11.9 Å². The molecule has 0 saturated carbocycles. The number of nitrogens with one attached hydrogen (secondary N) is 1. The molecule has 2 aromatic heterocycles. The fourth-order valence-electron chi connectivity index (χ4n) is 1.93. The van der Waals surface area contributed by atoms with Crippen LogP contribution >= 0.6 is 0 Å². The Hall–Kier alpha value is -1.91. The van der Waals surface area contributed by atoms with Crippen LogP contribution in [0.2, 0.25) is 0 Å². The van der Waals surface area contributed by atoms with Crippen LogP contribution in [0.1, 0.15) is 18.4 Å². The van der Waals surface area contributed by atoms with Crippen LogP contribution in [-0.2, 0) is 6.42 Å². The first-order valence-corrected chi connectivity index (χ1v) is 5.44. The standard InChI is InChI=1S/C11H12N4O/c1-2-4-14-11-8(3-1)10(15-16-11)9-7-12-5-6-13-9/h5-7,14H,1-4H2. The van der Waals surface area contributed by atoms with Crippen LogP contribution in [0.15, 0.2) is 23.1 Å². The predicted molar refractivity (Wildman–Crippen MR) is 59.0 cm³/mol. The molecular formula is C11H12N4O. The number of aromatic nitrogens is 3. The lowest BCUT2D eigenvalue weighted by Crippen LogP contribution is -1.97. The van der Waals surface area contributed by atoms with E-state index in [1.165, 1.54) is 0 Å². The lowest BCUT2D eigenvalue weighted by atomic mass is 10.1. The number of hydrogen-bond acceptors (Lipinski definition) is 5. The summed E-state index contributed by atoms with van der Waals surface area (Å²) in [4.78, 5) is 8.30. The molecule has 0 bridgehead atoms. The highest BCUT2D eigenvalue weighted by Crippen LogP contribution is 2.30. The van der Waals surface area contributed by atoms with E-state index in [0.717, 1.165) is 48.6 Å². The summed E-state index contributed by atoms with van der Waals surface area (Å²) in [6.07, 6.45) is 8.32. The van der Waals surface area contributed by atoms with Crippen LogP contribution in [0.25, 0.3) is 11.4 Å². The Morgan fingerprint density at radius 3 is 3.12 bits per heavy atom. The second-order valence-corrected chi connectivity index (χ2v) is 3.81. The van der Waals surface area contributed by atoms with Gasteiger partial charge in [-0.15, -0.1) is 0 Å². The minimum Gasteiger partial charge on any atom is -0.354 e. The summed E-state index contributed by atoms with van der Waals surface area (Å²) in [5, 5.41) is 7.31. The molecule has 0 radical (unpaired) electrons. The molecule has 3 rings (SSSR count). The van der Waals surface area contributed by atoms with Crippen molar-refractivity contribution in [1.29, 1.82) is 0 Å². The molecule has 3 heterocycles. The second-order valence-electron chi connectivity index (χ2n) is 3.81. The Balaban J connectivity index is 2.06. The number of nitrogens with zero attached hydrogens (tertiary/aromatic N) is 3. The highest BCUT2D eigenvalue weighted by atomic mass is 16.5. The largest absolute Gasteiger partial charge is 0.354 e. The van der Waals surface area contributed by atoms with Gasteiger partial charge in [-0.25, -0.2) is 0 Å². The summed E-state index contributed by atoms with van der Waals surface area (Å²) in [5.41, 5.74) is 2.71. The van der Waals surface area contributed by atoms with Gasteiger partial charge in [0.25, 0.3) is 0 Å². The summed E-state index contributed by atoms with van der Waals surface area (Å²) in [7, 11) is 0. The van der Waals surface area contributed by atoms with Crippen LogP contribution in [0.4, 0.5) is 5.88 Å². The molecular weight excluding hydrogens is 204 g/mol. The van der Waals surface area contributed by atoms with Gasteiger partial charge in [0, 0.05) is 24.5 Å². The zero-order valence-electron chi connectivity index (χ0n) is 8.81. The van der Waals surface area contributed by atoms with Crippen molar-refractivity contribution in [2.45, 2.75) is 19.3 Å². The van der Waals surface area contributed by atoms with E-state index in [4.69, 9.17) is 4.52 Å². The molecule has 0 atom stereocenters. The second kappa shape index (κ2) is 3.92. The zero-order chi connectivity index (χ0) is 10.8. The SMILES string of the molecule is c1cnc(-c2noc3c2CCCCN3)cn1. The number of anilines is 1. The van der Waals surface area contributed by atoms with E-state index >= 15 is 0 Å². The van der Waals surface area contributed by atoms with E-state index in [9.17, 15) is 0 Å². The first-order chi connectivity index (χ1) is 7.95. The average molecular weight is 216 g/mol. The maximum Gasteiger partial charge on any atom is 0.228 e. The first-order valence-electron chi connectivity index (χ1n) is 5.44. The van der Waals surface area contributed by atoms with Crippen LogP contribution in [-0.4, -0.2) is 21.7 Å². The number of rotatable bonds is 1. The molecule has 5 heteroatoms. The van der Waals surface area contributed by atoms with E-state index in [2.05, 4.69) is 20.4 Å². The molecule has 0 saturated heterocycles. The molecule has 1 N–H and O–H groups in total. The van der Waals surface area contributed by atoms with Crippen LogP contribution in [0.3, 0.4) is 0 Å². The highest BCUT2D eigenvalue weighted by Gasteiger charge is 2.19. The lowest BCUT2D eigenvalue weighted by Gasteiger charge is -1.98. The van der Waals surface area contributed by atoms with Crippen LogP contribution in [0, 0.1) is 0 Å². The van der Waals surface area contributed by atoms with Crippen molar-refractivity contribution >= 4 is 5.88 Å². The first kappa shape index (κ1) is 9.33. The molecule has 1 aliphatic rings. The van der Waals surface area contributed by atoms with Gasteiger partial charge in [-0.3, -0.25) is 9.97 Å². The summed E-state index contributed by atoms with van der Waals surface area (Å²) >= 11 is 0. The van der Waals surface area contributed by atoms with E-state index in [1.807, 2.05) is 0 Å². The Morgan fingerprint density at radius 2 is 2.25 bits per heavy atom. The molecule has 0 spiro atoms. The molecule has 0 fully saturated rings. The Labute approximate surface area is 92.9 Å². The summed E-state index contributed by atoms with van der Waals surface area (Å²) in [6.45, 7) is 0.947. The van der Waals surface area contributed by atoms with Gasteiger partial charge in [0.05, 0.1) is 6.20 Å². The van der Waals surface area contributed by atoms with Gasteiger partial charge in [0.2, 0.25) is 5.88 Å². The van der Waals surface area contributed by atoms with Gasteiger partial charge in [-0.05, 0) is 19.3 Å². The van der Waals surface area contributed by atoms with E-state index in [0.29, 0.717) is 0 Å². The summed E-state index contributed by atoms with van der Waals surface area (Å²) in [6, 6.07) is 0. The van der Waals surface area contributed by atoms with E-state index in [-0.39, 0.29) is 0 Å². The third-order valence-corrected chi connectivity index (χ3v) is 2.73. The zero-order valence-corrected chi connectivity index (χ0v) is 8.81. The van der Waals surface area contributed by atoms with Gasteiger partial charge in [-0.2, -0.15) is 0 Å². The van der Waals surface area contributed by atoms with Crippen molar-refractivity contribution < 1.29 is 4.52 Å². The lowest BCUT2D eigenvalue weighted by molar-refractivity contribution is 0.434. The minimum absolute atomic E-state index is 0.774. The number of hydrogen-bond donors (Lipinski definition) is 1. The maximum absolute atomic E-state index is 5.29. The molecule has 2 aromatic rings. The van der Waals surface area contributed by atoms with Crippen LogP contribution < -0.4 is 5.32 Å². The Bertz CT molecular complexity index is 480. The van der Waals surface area contributed by atoms with Crippen molar-refractivity contribution in [3.8, 4) is 11.4 Å². The fourth-order valence-corrected chi connectivity index (χ4v) is 1.93. The van der Waals surface area contributed by atoms with Gasteiger partial charge < -0.3 is 9.84 Å². The Kier molecular flexibility index (Phi) is 2.29. The van der Waals surface area contributed by atoms with Gasteiger partial charge in [0.15, 0.2) is 0 Å². The minimum atomic E-state index is 0.774. The normalized spacial score (nSPS) is 15.0. The molecule has 0 amide bonds. The topological polar surface area (TPSA) is 63.8 Å². The van der Waals surface area contributed by atoms with Crippen molar-refractivity contribution in [1.82, 2.24) is 15.1 Å². The smallest absolute Gasteiger partial charge is 0.228 e. The molecule has 0 aromatic carbocycles. The van der Waals surface area contributed by atoms with Crippen molar-refractivity contribution in [3.05, 3.63) is 24.2 Å². The Morgan fingerprint density at radius 1 is 1.25 bits per heavy atom. The summed E-state index contributed by atoms with van der Waals surface area (Å²) in [5.74, 6) is 0.790. The van der Waals surface area contributed by atoms with Gasteiger partial charge in [0.1, 0.15) is 11.4 Å². The molecule has 1 aliphatic heterocycles. The van der Waals surface area contributed by atoms with E-state index < -0.39 is 0 Å². The monoisotopic (exact) mass is 216 g/mol. The van der Waals surface area contributed by atoms with Gasteiger partial charge >= 0.3 is 0 Å². The predicted octanol–water partition coefficient (Wildman–Crippen LogP) is 1.88. The number of fused-ring (bicyclic) bond motifs is 1. The van der Waals surface area contributed by atoms with E-state index in [1.54, 1.807) is 18.6 Å². The van der Waals surface area contributed by atoms with Crippen molar-refractivity contribution in [3.63, 3.8) is 0 Å².